The molecule has 0 bridgehead atoms. The quantitative estimate of drug-likeness (QED) is 0.892. The summed E-state index contributed by atoms with van der Waals surface area (Å²) < 4.78 is 14.3. The van der Waals surface area contributed by atoms with Crippen LogP contribution in [-0.4, -0.2) is 13.0 Å². The molecule has 0 spiro atoms. The van der Waals surface area contributed by atoms with E-state index in [2.05, 4.69) is 26.6 Å². The zero-order valence-corrected chi connectivity index (χ0v) is 13.0. The summed E-state index contributed by atoms with van der Waals surface area (Å²) in [4.78, 5) is 11.4. The Balaban J connectivity index is 2.01. The minimum absolute atomic E-state index is 0.0108. The van der Waals surface area contributed by atoms with Crippen LogP contribution in [0.15, 0.2) is 40.9 Å². The number of anilines is 1. The third-order valence-corrected chi connectivity index (χ3v) is 4.05. The van der Waals surface area contributed by atoms with Gasteiger partial charge in [0.2, 0.25) is 5.91 Å². The van der Waals surface area contributed by atoms with E-state index in [-0.39, 0.29) is 17.8 Å². The van der Waals surface area contributed by atoms with Crippen molar-refractivity contribution in [2.75, 3.05) is 12.4 Å². The minimum atomic E-state index is -0.280. The number of nitrogens with one attached hydrogen (secondary N) is 2. The van der Waals surface area contributed by atoms with Gasteiger partial charge in [-0.2, -0.15) is 0 Å². The first kappa shape index (κ1) is 14.2. The number of carbonyl (C=O) groups is 1. The fourth-order valence-electron chi connectivity index (χ4n) is 2.70. The predicted molar refractivity (Wildman–Crippen MR) is 83.8 cm³/mol. The molecule has 1 atom stereocenters. The zero-order valence-electron chi connectivity index (χ0n) is 11.4. The topological polar surface area (TPSA) is 41.1 Å². The Labute approximate surface area is 130 Å². The van der Waals surface area contributed by atoms with E-state index in [0.29, 0.717) is 10.9 Å². The van der Waals surface area contributed by atoms with Crippen LogP contribution >= 0.6 is 15.9 Å². The third kappa shape index (κ3) is 2.84. The van der Waals surface area contributed by atoms with Gasteiger partial charge in [0.15, 0.2) is 0 Å². The van der Waals surface area contributed by atoms with Crippen LogP contribution in [0.4, 0.5) is 10.1 Å². The van der Waals surface area contributed by atoms with Crippen molar-refractivity contribution in [2.24, 2.45) is 0 Å². The zero-order chi connectivity index (χ0) is 15.0. The molecule has 2 aromatic rings. The minimum Gasteiger partial charge on any atom is -0.326 e. The first-order valence-electron chi connectivity index (χ1n) is 6.63. The Morgan fingerprint density at radius 2 is 2.05 bits per heavy atom. The predicted octanol–water partition coefficient (Wildman–Crippen LogP) is 3.39. The number of carbonyl (C=O) groups excluding carboxylic acids is 1. The van der Waals surface area contributed by atoms with Gasteiger partial charge in [0.25, 0.3) is 0 Å². The molecule has 0 fully saturated rings. The summed E-state index contributed by atoms with van der Waals surface area (Å²) in [7, 11) is 1.83. The third-order valence-electron chi connectivity index (χ3n) is 3.59. The molecule has 1 aliphatic rings. The molecule has 2 N–H and O–H groups in total. The SMILES string of the molecule is CNC(c1cc(F)cc(Br)c1)c1ccc2c(c1)CC(=O)N2. The van der Waals surface area contributed by atoms with Crippen LogP contribution in [0.5, 0.6) is 0 Å². The van der Waals surface area contributed by atoms with Crippen molar-refractivity contribution < 1.29 is 9.18 Å². The van der Waals surface area contributed by atoms with Crippen LogP contribution in [-0.2, 0) is 11.2 Å². The van der Waals surface area contributed by atoms with Crippen molar-refractivity contribution in [3.8, 4) is 0 Å². The summed E-state index contributed by atoms with van der Waals surface area (Å²) in [6.45, 7) is 0. The molecular weight excluding hydrogens is 335 g/mol. The molecular formula is C16H14BrFN2O. The number of halogens is 2. The number of benzene rings is 2. The number of fused-ring (bicyclic) bond motifs is 1. The van der Waals surface area contributed by atoms with Gasteiger partial charge in [-0.25, -0.2) is 4.39 Å². The van der Waals surface area contributed by atoms with Gasteiger partial charge in [0, 0.05) is 10.2 Å². The number of rotatable bonds is 3. The highest BCUT2D eigenvalue weighted by molar-refractivity contribution is 9.10. The molecule has 1 unspecified atom stereocenters. The molecule has 0 aliphatic carbocycles. The highest BCUT2D eigenvalue weighted by Crippen LogP contribution is 2.30. The summed E-state index contributed by atoms with van der Waals surface area (Å²) in [5, 5.41) is 6.01. The van der Waals surface area contributed by atoms with E-state index in [1.165, 1.54) is 12.1 Å². The summed E-state index contributed by atoms with van der Waals surface area (Å²) in [5.41, 5.74) is 3.68. The molecule has 3 rings (SSSR count). The van der Waals surface area contributed by atoms with E-state index in [1.54, 1.807) is 0 Å². The molecule has 1 heterocycles. The summed E-state index contributed by atoms with van der Waals surface area (Å²) in [5.74, 6) is -0.269. The van der Waals surface area contributed by atoms with E-state index < -0.39 is 0 Å². The van der Waals surface area contributed by atoms with Crippen LogP contribution in [0.2, 0.25) is 0 Å². The molecule has 0 saturated heterocycles. The summed E-state index contributed by atoms with van der Waals surface area (Å²) in [6.07, 6.45) is 0.395. The first-order chi connectivity index (χ1) is 10.1. The molecule has 0 aromatic heterocycles. The van der Waals surface area contributed by atoms with Crippen molar-refractivity contribution in [3.63, 3.8) is 0 Å². The van der Waals surface area contributed by atoms with Gasteiger partial charge in [0.05, 0.1) is 12.5 Å². The lowest BCUT2D eigenvalue weighted by Crippen LogP contribution is -2.18. The summed E-state index contributed by atoms with van der Waals surface area (Å²) in [6, 6.07) is 10.6. The Morgan fingerprint density at radius 1 is 1.24 bits per heavy atom. The Morgan fingerprint density at radius 3 is 2.76 bits per heavy atom. The van der Waals surface area contributed by atoms with Gasteiger partial charge in [-0.15, -0.1) is 0 Å². The largest absolute Gasteiger partial charge is 0.326 e. The maximum absolute atomic E-state index is 13.6. The van der Waals surface area contributed by atoms with Crippen LogP contribution in [0.25, 0.3) is 0 Å². The standard InChI is InChI=1S/C16H14BrFN2O/c1-19-16(11-5-12(17)8-13(18)6-11)9-2-3-14-10(4-9)7-15(21)20-14/h2-6,8,16,19H,7H2,1H3,(H,20,21). The average Bonchev–Trinajstić information content (AvgIpc) is 2.78. The fourth-order valence-corrected chi connectivity index (χ4v) is 3.18. The monoisotopic (exact) mass is 348 g/mol. The van der Waals surface area contributed by atoms with Crippen molar-refractivity contribution in [1.29, 1.82) is 0 Å². The van der Waals surface area contributed by atoms with Crippen LogP contribution in [0, 0.1) is 5.82 Å². The Bertz CT molecular complexity index is 697. The van der Waals surface area contributed by atoms with Gasteiger partial charge in [-0.1, -0.05) is 28.1 Å². The van der Waals surface area contributed by atoms with Crippen molar-refractivity contribution in [1.82, 2.24) is 5.32 Å². The highest BCUT2D eigenvalue weighted by atomic mass is 79.9. The second kappa shape index (κ2) is 5.58. The Hall–Kier alpha value is -1.72. The summed E-state index contributed by atoms with van der Waals surface area (Å²) >= 11 is 3.32. The van der Waals surface area contributed by atoms with Crippen molar-refractivity contribution >= 4 is 27.5 Å². The highest BCUT2D eigenvalue weighted by Gasteiger charge is 2.20. The van der Waals surface area contributed by atoms with E-state index in [1.807, 2.05) is 31.3 Å². The van der Waals surface area contributed by atoms with Crippen LogP contribution < -0.4 is 10.6 Å². The molecule has 2 aromatic carbocycles. The second-order valence-electron chi connectivity index (χ2n) is 5.07. The normalized spacial score (nSPS) is 14.7. The molecule has 0 saturated carbocycles. The Kier molecular flexibility index (Phi) is 3.78. The second-order valence-corrected chi connectivity index (χ2v) is 5.98. The molecule has 5 heteroatoms. The lowest BCUT2D eigenvalue weighted by molar-refractivity contribution is -0.115. The van der Waals surface area contributed by atoms with Gasteiger partial charge in [-0.3, -0.25) is 4.79 Å². The number of hydrogen-bond donors (Lipinski definition) is 2. The smallest absolute Gasteiger partial charge is 0.228 e. The lowest BCUT2D eigenvalue weighted by atomic mass is 9.96. The van der Waals surface area contributed by atoms with Gasteiger partial charge in [0.1, 0.15) is 5.82 Å². The van der Waals surface area contributed by atoms with Crippen LogP contribution in [0.1, 0.15) is 22.7 Å². The molecule has 1 aliphatic heterocycles. The van der Waals surface area contributed by atoms with Gasteiger partial charge in [-0.05, 0) is 48.0 Å². The maximum atomic E-state index is 13.6. The van der Waals surface area contributed by atoms with E-state index in [9.17, 15) is 9.18 Å². The van der Waals surface area contributed by atoms with Gasteiger partial charge < -0.3 is 10.6 Å². The van der Waals surface area contributed by atoms with E-state index in [0.717, 1.165) is 22.4 Å². The average molecular weight is 349 g/mol. The maximum Gasteiger partial charge on any atom is 0.228 e. The fraction of sp³-hybridized carbons (Fsp3) is 0.188. The van der Waals surface area contributed by atoms with Crippen molar-refractivity contribution in [3.05, 3.63) is 63.4 Å². The molecule has 1 amide bonds. The van der Waals surface area contributed by atoms with E-state index in [4.69, 9.17) is 0 Å². The van der Waals surface area contributed by atoms with Gasteiger partial charge >= 0.3 is 0 Å². The lowest BCUT2D eigenvalue weighted by Gasteiger charge is -2.18. The van der Waals surface area contributed by atoms with E-state index >= 15 is 0 Å². The first-order valence-corrected chi connectivity index (χ1v) is 7.42. The number of amides is 1. The molecule has 0 radical (unpaired) electrons. The number of hydrogen-bond acceptors (Lipinski definition) is 2. The molecule has 3 nitrogen and oxygen atoms in total. The van der Waals surface area contributed by atoms with Crippen LogP contribution in [0.3, 0.4) is 0 Å². The van der Waals surface area contributed by atoms with Crippen molar-refractivity contribution in [2.45, 2.75) is 12.5 Å². The molecule has 21 heavy (non-hydrogen) atoms. The molecule has 108 valence electrons.